The van der Waals surface area contributed by atoms with Crippen LogP contribution in [0, 0.1) is 0 Å². The molecule has 1 unspecified atom stereocenters. The van der Waals surface area contributed by atoms with Crippen LogP contribution in [0.3, 0.4) is 0 Å². The number of carboxylic acids is 1. The summed E-state index contributed by atoms with van der Waals surface area (Å²) in [6.07, 6.45) is 47.8. The Hall–Kier alpha value is -4.20. The molecular weight excluding hydrogens is 813 g/mol. The molecule has 0 aromatic heterocycles. The van der Waals surface area contributed by atoms with E-state index in [2.05, 4.69) is 73.1 Å². The number of nitrogens with two attached hydrogens (primary N) is 1. The number of carboxylic acid groups (broad SMARTS) is 1. The van der Waals surface area contributed by atoms with E-state index in [9.17, 15) is 34.1 Å². The number of unbranched alkanes of at least 4 members (excludes halogenated alkanes) is 2. The van der Waals surface area contributed by atoms with Crippen LogP contribution in [0.4, 0.5) is 0 Å². The van der Waals surface area contributed by atoms with Crippen molar-refractivity contribution in [2.75, 3.05) is 19.8 Å². The first kappa shape index (κ1) is 57.8. The third-order valence-electron chi connectivity index (χ3n) is 8.42. The van der Waals surface area contributed by atoms with Gasteiger partial charge in [0.15, 0.2) is 6.10 Å². The van der Waals surface area contributed by atoms with Gasteiger partial charge in [-0.1, -0.05) is 155 Å². The van der Waals surface area contributed by atoms with Gasteiger partial charge in [-0.3, -0.25) is 23.4 Å². The van der Waals surface area contributed by atoms with E-state index in [1.54, 1.807) is 24.3 Å². The molecule has 5 atom stereocenters. The van der Waals surface area contributed by atoms with Crippen LogP contribution in [0.5, 0.6) is 0 Å². The Morgan fingerprint density at radius 3 is 1.60 bits per heavy atom. The molecule has 0 heterocycles. The number of hydrogen-bond acceptors (Lipinski definition) is 11. The first-order valence-electron chi connectivity index (χ1n) is 21.8. The summed E-state index contributed by atoms with van der Waals surface area (Å²) >= 11 is 0. The number of phosphoric ester groups is 1. The van der Waals surface area contributed by atoms with Gasteiger partial charge in [0.2, 0.25) is 0 Å². The van der Waals surface area contributed by atoms with Crippen molar-refractivity contribution in [3.05, 3.63) is 122 Å². The smallest absolute Gasteiger partial charge is 0.472 e. The topological polar surface area (TPSA) is 212 Å². The number of phosphoric acid groups is 1. The number of aliphatic carboxylic acids is 1. The molecule has 6 N–H and O–H groups in total. The maximum Gasteiger partial charge on any atom is 0.472 e. The van der Waals surface area contributed by atoms with Crippen molar-refractivity contribution in [1.29, 1.82) is 0 Å². The summed E-state index contributed by atoms with van der Waals surface area (Å²) in [7, 11) is -4.80. The predicted molar refractivity (Wildman–Crippen MR) is 247 cm³/mol. The molecule has 0 fully saturated rings. The largest absolute Gasteiger partial charge is 0.480 e. The first-order valence-corrected chi connectivity index (χ1v) is 23.3. The van der Waals surface area contributed by atoms with E-state index in [4.69, 9.17) is 24.8 Å². The normalized spacial score (nSPS) is 15.8. The third kappa shape index (κ3) is 39.9. The van der Waals surface area contributed by atoms with Crippen LogP contribution >= 0.6 is 7.82 Å². The zero-order chi connectivity index (χ0) is 45.9. The summed E-state index contributed by atoms with van der Waals surface area (Å²) < 4.78 is 32.4. The maximum absolute atomic E-state index is 12.6. The second-order valence-electron chi connectivity index (χ2n) is 14.1. The van der Waals surface area contributed by atoms with Gasteiger partial charge in [0.1, 0.15) is 12.6 Å². The lowest BCUT2D eigenvalue weighted by Gasteiger charge is -2.20. The van der Waals surface area contributed by atoms with Gasteiger partial charge in [-0.15, -0.1) is 0 Å². The highest BCUT2D eigenvalue weighted by molar-refractivity contribution is 7.47. The summed E-state index contributed by atoms with van der Waals surface area (Å²) in [4.78, 5) is 46.0. The van der Waals surface area contributed by atoms with Crippen molar-refractivity contribution in [3.8, 4) is 0 Å². The number of rotatable bonds is 38. The zero-order valence-electron chi connectivity index (χ0n) is 36.9. The number of carbonyl (C=O) groups excluding carboxylic acids is 2. The highest BCUT2D eigenvalue weighted by Crippen LogP contribution is 2.43. The SMILES string of the molecule is CC/C=C\C/C=C\C/C=C\C/C=C\C/C=C\C/C=C\CCC(=O)O[C@H](COC(=O)CCC[C@@H](O)/C=C/C=C\C/C=C\C=C\[C@@H](O)CCCCC)COP(=O)(O)OC[C@H](N)C(=O)O. The van der Waals surface area contributed by atoms with Crippen molar-refractivity contribution in [2.24, 2.45) is 5.73 Å². The highest BCUT2D eigenvalue weighted by atomic mass is 31.2. The molecule has 0 bridgehead atoms. The lowest BCUT2D eigenvalue weighted by molar-refractivity contribution is -0.161. The van der Waals surface area contributed by atoms with Crippen LogP contribution in [-0.4, -0.2) is 82.3 Å². The quantitative estimate of drug-likeness (QED) is 0.0129. The maximum atomic E-state index is 12.6. The van der Waals surface area contributed by atoms with Crippen LogP contribution in [0.15, 0.2) is 122 Å². The van der Waals surface area contributed by atoms with Crippen molar-refractivity contribution in [2.45, 2.75) is 141 Å². The van der Waals surface area contributed by atoms with E-state index >= 15 is 0 Å². The van der Waals surface area contributed by atoms with Crippen molar-refractivity contribution in [1.82, 2.24) is 0 Å². The standard InChI is InChI=1S/C48H74NO12P/c1-3-5-7-8-9-10-11-12-13-14-15-16-17-18-19-20-24-27-31-37-47(53)61-44(40-59-62(56,57)60-41-45(49)48(54)55)39-58-46(52)38-32-36-43(51)35-30-26-23-21-22-25-29-34-42(50)33-28-6-4-2/h5,7,9-10,12-13,15-16,18-19,22-27,29-30,34-35,42-45,50-51H,3-4,6,8,11,14,17,20-21,28,31-33,36-41,49H2,1-2H3,(H,54,55)(H,56,57)/b7-5-,10-9-,13-12-,16-15-,19-18-,25-22-,26-23-,27-24-,34-29+,35-30+/t42-,43-,44+,45-/m0/s1. The number of esters is 2. The third-order valence-corrected chi connectivity index (χ3v) is 9.37. The van der Waals surface area contributed by atoms with Crippen LogP contribution in [0.2, 0.25) is 0 Å². The monoisotopic (exact) mass is 887 g/mol. The van der Waals surface area contributed by atoms with Crippen molar-refractivity contribution in [3.63, 3.8) is 0 Å². The second-order valence-corrected chi connectivity index (χ2v) is 15.6. The minimum atomic E-state index is -4.80. The van der Waals surface area contributed by atoms with E-state index < -0.39 is 69.9 Å². The van der Waals surface area contributed by atoms with Gasteiger partial charge in [0, 0.05) is 12.8 Å². The van der Waals surface area contributed by atoms with Crippen LogP contribution < -0.4 is 5.73 Å². The van der Waals surface area contributed by atoms with Gasteiger partial charge < -0.3 is 35.4 Å². The van der Waals surface area contributed by atoms with E-state index in [0.29, 0.717) is 25.7 Å². The van der Waals surface area contributed by atoms with E-state index in [0.717, 1.165) is 57.8 Å². The molecule has 13 nitrogen and oxygen atoms in total. The summed E-state index contributed by atoms with van der Waals surface area (Å²) in [5.41, 5.74) is 5.31. The number of allylic oxidation sites excluding steroid dienone is 18. The molecule has 0 amide bonds. The molecule has 14 heteroatoms. The number of carbonyl (C=O) groups is 3. The van der Waals surface area contributed by atoms with Crippen LogP contribution in [0.25, 0.3) is 0 Å². The van der Waals surface area contributed by atoms with E-state index in [-0.39, 0.29) is 19.3 Å². The molecule has 0 saturated carbocycles. The summed E-state index contributed by atoms with van der Waals surface area (Å²) in [6.45, 7) is 2.25. The Morgan fingerprint density at radius 1 is 0.597 bits per heavy atom. The molecule has 0 aliphatic rings. The summed E-state index contributed by atoms with van der Waals surface area (Å²) in [6, 6.07) is -1.57. The minimum Gasteiger partial charge on any atom is -0.480 e. The molecule has 348 valence electrons. The molecule has 0 saturated heterocycles. The molecule has 0 aromatic carbocycles. The Morgan fingerprint density at radius 2 is 1.08 bits per heavy atom. The fourth-order valence-electron chi connectivity index (χ4n) is 4.95. The predicted octanol–water partition coefficient (Wildman–Crippen LogP) is 9.55. The number of ether oxygens (including phenoxy) is 2. The fourth-order valence-corrected chi connectivity index (χ4v) is 5.73. The van der Waals surface area contributed by atoms with E-state index in [1.165, 1.54) is 0 Å². The molecular formula is C48H74NO12P. The van der Waals surface area contributed by atoms with Crippen molar-refractivity contribution < 1.29 is 57.7 Å². The molecule has 0 radical (unpaired) electrons. The fraction of sp³-hybridized carbons (Fsp3) is 0.521. The highest BCUT2D eigenvalue weighted by Gasteiger charge is 2.28. The van der Waals surface area contributed by atoms with Gasteiger partial charge >= 0.3 is 25.7 Å². The first-order chi connectivity index (χ1) is 29.9. The number of aliphatic hydroxyl groups is 2. The minimum absolute atomic E-state index is 0.0216. The van der Waals surface area contributed by atoms with Gasteiger partial charge in [-0.2, -0.15) is 0 Å². The molecule has 62 heavy (non-hydrogen) atoms. The Balaban J connectivity index is 4.74. The molecule has 0 aromatic rings. The average molecular weight is 888 g/mol. The van der Waals surface area contributed by atoms with Gasteiger partial charge in [-0.05, 0) is 70.6 Å². The second kappa shape index (κ2) is 40.8. The average Bonchev–Trinajstić information content (AvgIpc) is 3.24. The van der Waals surface area contributed by atoms with Gasteiger partial charge in [-0.25, -0.2) is 4.57 Å². The van der Waals surface area contributed by atoms with Crippen LogP contribution in [0.1, 0.15) is 117 Å². The lowest BCUT2D eigenvalue weighted by Crippen LogP contribution is -2.34. The summed E-state index contributed by atoms with van der Waals surface area (Å²) in [5, 5.41) is 29.0. The number of aliphatic hydroxyl groups excluding tert-OH is 2. The Kier molecular flexibility index (Phi) is 38.1. The van der Waals surface area contributed by atoms with Crippen LogP contribution in [-0.2, 0) is 37.5 Å². The lowest BCUT2D eigenvalue weighted by atomic mass is 10.1. The molecule has 0 aliphatic carbocycles. The number of hydrogen-bond donors (Lipinski definition) is 5. The Bertz CT molecular complexity index is 1540. The van der Waals surface area contributed by atoms with E-state index in [1.807, 2.05) is 42.5 Å². The molecule has 0 spiro atoms. The van der Waals surface area contributed by atoms with Crippen molar-refractivity contribution >= 4 is 25.7 Å². The zero-order valence-corrected chi connectivity index (χ0v) is 37.8. The summed E-state index contributed by atoms with van der Waals surface area (Å²) in [5.74, 6) is -2.76. The Labute approximate surface area is 370 Å². The van der Waals surface area contributed by atoms with Gasteiger partial charge in [0.25, 0.3) is 0 Å². The molecule has 0 aliphatic heterocycles. The van der Waals surface area contributed by atoms with Gasteiger partial charge in [0.05, 0.1) is 25.4 Å². The molecule has 0 rings (SSSR count).